The first-order valence-electron chi connectivity index (χ1n) is 5.45. The molecule has 0 atom stereocenters. The molecule has 1 aromatic heterocycles. The normalized spacial score (nSPS) is 17.4. The van der Waals surface area contributed by atoms with Gasteiger partial charge in [0.1, 0.15) is 5.69 Å². The fourth-order valence-corrected chi connectivity index (χ4v) is 1.91. The first-order valence-corrected chi connectivity index (χ1v) is 5.45. The summed E-state index contributed by atoms with van der Waals surface area (Å²) in [7, 11) is 1.36. The van der Waals surface area contributed by atoms with E-state index in [0.717, 1.165) is 5.69 Å². The lowest BCUT2D eigenvalue weighted by Gasteiger charge is -2.40. The van der Waals surface area contributed by atoms with Gasteiger partial charge in [0.2, 0.25) is 0 Å². The van der Waals surface area contributed by atoms with Crippen molar-refractivity contribution in [3.05, 3.63) is 24.0 Å². The van der Waals surface area contributed by atoms with Crippen LogP contribution >= 0.6 is 0 Å². The van der Waals surface area contributed by atoms with Crippen LogP contribution in [0, 0.1) is 0 Å². The Morgan fingerprint density at radius 1 is 1.56 bits per heavy atom. The van der Waals surface area contributed by atoms with Gasteiger partial charge in [-0.1, -0.05) is 0 Å². The number of anilines is 1. The number of methoxy groups -OCH3 is 1. The number of ether oxygens (including phenoxy) is 1. The van der Waals surface area contributed by atoms with Gasteiger partial charge in [0.25, 0.3) is 0 Å². The second-order valence-electron chi connectivity index (χ2n) is 4.46. The molecule has 2 rings (SSSR count). The average Bonchev–Trinajstić information content (AvgIpc) is 2.26. The number of carbonyl (C=O) groups excluding carboxylic acids is 1. The van der Waals surface area contributed by atoms with E-state index in [4.69, 9.17) is 0 Å². The van der Waals surface area contributed by atoms with E-state index in [0.29, 0.717) is 5.69 Å². The Morgan fingerprint density at radius 2 is 2.31 bits per heavy atom. The molecule has 0 spiro atoms. The van der Waals surface area contributed by atoms with Crippen LogP contribution in [-0.4, -0.2) is 23.6 Å². The molecule has 1 aromatic rings. The van der Waals surface area contributed by atoms with Crippen LogP contribution in [-0.2, 0) is 4.74 Å². The van der Waals surface area contributed by atoms with Gasteiger partial charge in [0.05, 0.1) is 7.11 Å². The number of esters is 1. The molecule has 4 nitrogen and oxygen atoms in total. The number of hydrogen-bond acceptors (Lipinski definition) is 4. The monoisotopic (exact) mass is 220 g/mol. The second-order valence-corrected chi connectivity index (χ2v) is 4.46. The highest BCUT2D eigenvalue weighted by Gasteiger charge is 2.31. The maximum Gasteiger partial charge on any atom is 0.356 e. The lowest BCUT2D eigenvalue weighted by molar-refractivity contribution is 0.0594. The van der Waals surface area contributed by atoms with Crippen molar-refractivity contribution in [2.45, 2.75) is 31.7 Å². The van der Waals surface area contributed by atoms with Crippen molar-refractivity contribution in [3.8, 4) is 0 Å². The number of aromatic nitrogens is 1. The summed E-state index contributed by atoms with van der Waals surface area (Å²) in [6, 6.07) is 3.60. The van der Waals surface area contributed by atoms with E-state index >= 15 is 0 Å². The molecular formula is C12H16N2O2. The highest BCUT2D eigenvalue weighted by Crippen LogP contribution is 2.34. The first kappa shape index (κ1) is 10.9. The van der Waals surface area contributed by atoms with Crippen LogP contribution in [0.25, 0.3) is 0 Å². The van der Waals surface area contributed by atoms with Crippen molar-refractivity contribution in [1.29, 1.82) is 0 Å². The number of rotatable bonds is 3. The molecule has 1 aliphatic carbocycles. The lowest BCUT2D eigenvalue weighted by Crippen LogP contribution is -2.41. The summed E-state index contributed by atoms with van der Waals surface area (Å²) < 4.78 is 4.63. The van der Waals surface area contributed by atoms with Gasteiger partial charge in [-0.2, -0.15) is 0 Å². The number of pyridine rings is 1. The van der Waals surface area contributed by atoms with Crippen molar-refractivity contribution in [1.82, 2.24) is 4.98 Å². The first-order chi connectivity index (χ1) is 7.63. The Hall–Kier alpha value is -1.58. The average molecular weight is 220 g/mol. The minimum absolute atomic E-state index is 0.175. The summed E-state index contributed by atoms with van der Waals surface area (Å²) >= 11 is 0. The van der Waals surface area contributed by atoms with E-state index in [1.807, 2.05) is 6.07 Å². The summed E-state index contributed by atoms with van der Waals surface area (Å²) in [5, 5.41) is 3.43. The van der Waals surface area contributed by atoms with E-state index in [9.17, 15) is 4.79 Å². The van der Waals surface area contributed by atoms with Crippen molar-refractivity contribution in [3.63, 3.8) is 0 Å². The van der Waals surface area contributed by atoms with Gasteiger partial charge in [-0.05, 0) is 38.3 Å². The summed E-state index contributed by atoms with van der Waals surface area (Å²) in [5.74, 6) is -0.401. The Morgan fingerprint density at radius 3 is 2.88 bits per heavy atom. The predicted molar refractivity (Wildman–Crippen MR) is 61.5 cm³/mol. The van der Waals surface area contributed by atoms with Gasteiger partial charge >= 0.3 is 5.97 Å². The summed E-state index contributed by atoms with van der Waals surface area (Å²) in [4.78, 5) is 15.3. The minimum atomic E-state index is -0.401. The van der Waals surface area contributed by atoms with E-state index in [-0.39, 0.29) is 5.54 Å². The Bertz CT molecular complexity index is 400. The topological polar surface area (TPSA) is 51.2 Å². The molecule has 0 aliphatic heterocycles. The lowest BCUT2D eigenvalue weighted by atomic mass is 9.78. The van der Waals surface area contributed by atoms with Crippen molar-refractivity contribution in [2.75, 3.05) is 12.4 Å². The molecule has 86 valence electrons. The maximum atomic E-state index is 11.3. The van der Waals surface area contributed by atoms with Crippen molar-refractivity contribution < 1.29 is 9.53 Å². The molecule has 0 radical (unpaired) electrons. The second kappa shape index (κ2) is 4.12. The van der Waals surface area contributed by atoms with E-state index in [1.54, 1.807) is 12.3 Å². The standard InChI is InChI=1S/C12H16N2O2/c1-12(5-3-6-12)14-9-4-7-13-10(8-9)11(15)16-2/h4,7-8H,3,5-6H2,1-2H3,(H,13,14). The van der Waals surface area contributed by atoms with E-state index in [1.165, 1.54) is 26.4 Å². The molecule has 4 heteroatoms. The predicted octanol–water partition coefficient (Wildman–Crippen LogP) is 2.22. The molecule has 0 aromatic carbocycles. The molecule has 16 heavy (non-hydrogen) atoms. The maximum absolute atomic E-state index is 11.3. The van der Waals surface area contributed by atoms with E-state index in [2.05, 4.69) is 22.0 Å². The molecule has 1 heterocycles. The van der Waals surface area contributed by atoms with Gasteiger partial charge < -0.3 is 10.1 Å². The summed E-state index contributed by atoms with van der Waals surface area (Å²) in [5.41, 5.74) is 1.45. The zero-order valence-electron chi connectivity index (χ0n) is 9.62. The smallest absolute Gasteiger partial charge is 0.356 e. The molecule has 1 N–H and O–H groups in total. The quantitative estimate of drug-likeness (QED) is 0.793. The fourth-order valence-electron chi connectivity index (χ4n) is 1.91. The van der Waals surface area contributed by atoms with Crippen molar-refractivity contribution in [2.24, 2.45) is 0 Å². The Kier molecular flexibility index (Phi) is 2.81. The summed E-state index contributed by atoms with van der Waals surface area (Å²) in [6.45, 7) is 2.19. The third-order valence-corrected chi connectivity index (χ3v) is 3.06. The zero-order valence-corrected chi connectivity index (χ0v) is 9.62. The van der Waals surface area contributed by atoms with Crippen LogP contribution < -0.4 is 5.32 Å². The van der Waals surface area contributed by atoms with Gasteiger partial charge in [-0.15, -0.1) is 0 Å². The highest BCUT2D eigenvalue weighted by atomic mass is 16.5. The van der Waals surface area contributed by atoms with Crippen LogP contribution in [0.15, 0.2) is 18.3 Å². The molecule has 1 aliphatic rings. The SMILES string of the molecule is COC(=O)c1cc(NC2(C)CCC2)ccn1. The third kappa shape index (κ3) is 2.15. The number of hydrogen-bond donors (Lipinski definition) is 1. The van der Waals surface area contributed by atoms with Crippen LogP contribution in [0.5, 0.6) is 0 Å². The zero-order chi connectivity index (χ0) is 11.6. The van der Waals surface area contributed by atoms with Gasteiger partial charge in [-0.3, -0.25) is 0 Å². The molecule has 0 saturated heterocycles. The summed E-state index contributed by atoms with van der Waals surface area (Å²) in [6.07, 6.45) is 5.22. The highest BCUT2D eigenvalue weighted by molar-refractivity contribution is 5.88. The molecule has 1 fully saturated rings. The fraction of sp³-hybridized carbons (Fsp3) is 0.500. The largest absolute Gasteiger partial charge is 0.464 e. The van der Waals surface area contributed by atoms with Crippen LogP contribution in [0.3, 0.4) is 0 Å². The van der Waals surface area contributed by atoms with Crippen LogP contribution in [0.2, 0.25) is 0 Å². The number of carbonyl (C=O) groups is 1. The van der Waals surface area contributed by atoms with E-state index < -0.39 is 5.97 Å². The Balaban J connectivity index is 2.12. The molecule has 0 unspecified atom stereocenters. The molecular weight excluding hydrogens is 204 g/mol. The molecule has 0 bridgehead atoms. The van der Waals surface area contributed by atoms with Crippen molar-refractivity contribution >= 4 is 11.7 Å². The minimum Gasteiger partial charge on any atom is -0.464 e. The molecule has 1 saturated carbocycles. The number of nitrogens with zero attached hydrogens (tertiary/aromatic N) is 1. The van der Waals surface area contributed by atoms with Crippen LogP contribution in [0.1, 0.15) is 36.7 Å². The van der Waals surface area contributed by atoms with Gasteiger partial charge in [0, 0.05) is 17.4 Å². The van der Waals surface area contributed by atoms with Crippen LogP contribution in [0.4, 0.5) is 5.69 Å². The van der Waals surface area contributed by atoms with Gasteiger partial charge in [0.15, 0.2) is 0 Å². The number of nitrogens with one attached hydrogen (secondary N) is 1. The molecule has 0 amide bonds. The van der Waals surface area contributed by atoms with Gasteiger partial charge in [-0.25, -0.2) is 9.78 Å². The Labute approximate surface area is 95.0 Å². The third-order valence-electron chi connectivity index (χ3n) is 3.06.